The Morgan fingerprint density at radius 3 is 1.82 bits per heavy atom. The van der Waals surface area contributed by atoms with Crippen LogP contribution in [0.3, 0.4) is 0 Å². The van der Waals surface area contributed by atoms with Crippen LogP contribution in [-0.4, -0.2) is 32.5 Å². The molecule has 0 unspecified atom stereocenters. The normalized spacial score (nSPS) is 11.2. The number of esters is 1. The van der Waals surface area contributed by atoms with Gasteiger partial charge in [0.05, 0.1) is 26.9 Å². The lowest BCUT2D eigenvalue weighted by atomic mass is 9.60. The minimum Gasteiger partial charge on any atom is -0.497 e. The van der Waals surface area contributed by atoms with Crippen molar-refractivity contribution >= 4 is 5.97 Å². The Labute approximate surface area is 164 Å². The number of rotatable bonds is 6. The molecule has 2 aromatic carbocycles. The van der Waals surface area contributed by atoms with Crippen LogP contribution in [0.1, 0.15) is 19.6 Å². The fourth-order valence-electron chi connectivity index (χ4n) is 3.04. The number of carbonyl (C=O) groups excluding carboxylic acids is 1. The molecule has 0 atom stereocenters. The van der Waals surface area contributed by atoms with E-state index in [1.807, 2.05) is 48.5 Å². The van der Waals surface area contributed by atoms with Crippen LogP contribution in [0, 0.1) is 0 Å². The molecule has 6 nitrogen and oxygen atoms in total. The summed E-state index contributed by atoms with van der Waals surface area (Å²) in [5.41, 5.74) is 2.08. The molecule has 0 aliphatic carbocycles. The summed E-state index contributed by atoms with van der Waals surface area (Å²) < 4.78 is 21.2. The fourth-order valence-corrected chi connectivity index (χ4v) is 3.04. The Bertz CT molecular complexity index is 956. The van der Waals surface area contributed by atoms with E-state index < -0.39 is 11.4 Å². The third-order valence-corrected chi connectivity index (χ3v) is 4.70. The second kappa shape index (κ2) is 7.76. The lowest BCUT2D eigenvalue weighted by Crippen LogP contribution is -2.30. The Morgan fingerprint density at radius 1 is 0.857 bits per heavy atom. The molecule has 0 amide bonds. The first kappa shape index (κ1) is 19.5. The summed E-state index contributed by atoms with van der Waals surface area (Å²) in [5.74, 6) is 1.52. The minimum atomic E-state index is -1.01. The Morgan fingerprint density at radius 2 is 1.36 bits per heavy atom. The van der Waals surface area contributed by atoms with Crippen molar-refractivity contribution in [1.29, 1.82) is 0 Å². The van der Waals surface area contributed by atoms with E-state index >= 15 is 0 Å². The van der Waals surface area contributed by atoms with E-state index in [0.29, 0.717) is 11.5 Å². The van der Waals surface area contributed by atoms with Crippen molar-refractivity contribution < 1.29 is 23.5 Å². The van der Waals surface area contributed by atoms with Gasteiger partial charge in [-0.15, -0.1) is 0 Å². The maximum absolute atomic E-state index is 12.4. The molecule has 1 heterocycles. The van der Waals surface area contributed by atoms with Gasteiger partial charge in [0.15, 0.2) is 5.76 Å². The van der Waals surface area contributed by atoms with Crippen LogP contribution in [-0.2, 0) is 14.9 Å². The van der Waals surface area contributed by atoms with E-state index in [1.54, 1.807) is 28.1 Å². The van der Waals surface area contributed by atoms with Gasteiger partial charge in [0.25, 0.3) is 0 Å². The van der Waals surface area contributed by atoms with Crippen molar-refractivity contribution in [2.45, 2.75) is 19.3 Å². The van der Waals surface area contributed by atoms with Crippen LogP contribution in [0.25, 0.3) is 22.4 Å². The molecule has 6 heteroatoms. The summed E-state index contributed by atoms with van der Waals surface area (Å²) in [6.45, 7) is 3.51. The largest absolute Gasteiger partial charge is 0.497 e. The van der Waals surface area contributed by atoms with Gasteiger partial charge in [0, 0.05) is 5.56 Å². The zero-order chi connectivity index (χ0) is 20.3. The van der Waals surface area contributed by atoms with Gasteiger partial charge >= 0.3 is 5.97 Å². The second-order valence-corrected chi connectivity index (χ2v) is 6.81. The third kappa shape index (κ3) is 3.45. The monoisotopic (exact) mass is 377 g/mol. The molecule has 0 aliphatic heterocycles. The summed E-state index contributed by atoms with van der Waals surface area (Å²) in [5, 5.41) is 4.29. The number of benzene rings is 2. The van der Waals surface area contributed by atoms with Crippen LogP contribution in [0.4, 0.5) is 0 Å². The summed E-state index contributed by atoms with van der Waals surface area (Å²) in [4.78, 5) is 12.4. The SMILES string of the molecule is [11CH3]Oc1ccc(-c2noc(C([11CH3])([11CH3])C(=O)O[12CH3])c2-c2ccc(O[11CH3])cc2)cc1. The highest BCUT2D eigenvalue weighted by atomic mass is 16.5. The Hall–Kier alpha value is -3.28. The first-order valence-corrected chi connectivity index (χ1v) is 8.79. The van der Waals surface area contributed by atoms with Crippen LogP contribution in [0.5, 0.6) is 11.5 Å². The first-order valence-electron chi connectivity index (χ1n) is 8.79. The zero-order valence-corrected chi connectivity index (χ0v) is 16.6. The minimum absolute atomic E-state index is 0.403. The number of hydrogen-bond acceptors (Lipinski definition) is 6. The van der Waals surface area contributed by atoms with Gasteiger partial charge in [0.2, 0.25) is 0 Å². The molecule has 146 valence electrons. The van der Waals surface area contributed by atoms with Gasteiger partial charge in [-0.05, 0) is 55.8 Å². The molecule has 1 aromatic heterocycles. The predicted molar refractivity (Wildman–Crippen MR) is 106 cm³/mol. The maximum atomic E-state index is 12.4. The third-order valence-electron chi connectivity index (χ3n) is 4.70. The van der Waals surface area contributed by atoms with Crippen molar-refractivity contribution in [2.75, 3.05) is 21.3 Å². The van der Waals surface area contributed by atoms with Gasteiger partial charge in [0.1, 0.15) is 22.6 Å². The second-order valence-electron chi connectivity index (χ2n) is 6.81. The average molecular weight is 377 g/mol. The molecular formula is C22H23NO5. The molecule has 0 radical (unpaired) electrons. The smallest absolute Gasteiger partial charge is 0.319 e. The highest BCUT2D eigenvalue weighted by molar-refractivity contribution is 5.89. The van der Waals surface area contributed by atoms with Gasteiger partial charge in [-0.25, -0.2) is 0 Å². The van der Waals surface area contributed by atoms with Crippen molar-refractivity contribution in [3.8, 4) is 33.9 Å². The van der Waals surface area contributed by atoms with E-state index in [4.69, 9.17) is 18.7 Å². The molecule has 0 N–H and O–H groups in total. The number of ether oxygens (including phenoxy) is 3. The van der Waals surface area contributed by atoms with Crippen LogP contribution in [0.2, 0.25) is 0 Å². The van der Waals surface area contributed by atoms with Crippen LogP contribution < -0.4 is 9.47 Å². The number of carbonyl (C=O) groups is 1. The molecule has 0 bridgehead atoms. The summed E-state index contributed by atoms with van der Waals surface area (Å²) in [7, 11) is 4.59. The van der Waals surface area contributed by atoms with E-state index in [9.17, 15) is 4.79 Å². The number of hydrogen-bond donors (Lipinski definition) is 0. The number of aromatic nitrogens is 1. The lowest BCUT2D eigenvalue weighted by Gasteiger charge is -2.20. The van der Waals surface area contributed by atoms with Crippen molar-refractivity contribution in [3.05, 3.63) is 54.3 Å². The summed E-state index contributed by atoms with van der Waals surface area (Å²) in [6.07, 6.45) is 0. The van der Waals surface area contributed by atoms with Crippen molar-refractivity contribution in [1.82, 2.24) is 5.16 Å². The van der Waals surface area contributed by atoms with E-state index in [2.05, 4.69) is 5.16 Å². The molecule has 0 aliphatic rings. The number of methoxy groups -OCH3 is 3. The van der Waals surface area contributed by atoms with Gasteiger partial charge in [-0.2, -0.15) is 0 Å². The van der Waals surface area contributed by atoms with Gasteiger partial charge in [-0.1, -0.05) is 17.3 Å². The molecule has 0 saturated heterocycles. The quantitative estimate of drug-likeness (QED) is 0.590. The van der Waals surface area contributed by atoms with E-state index in [0.717, 1.165) is 28.2 Å². The first-order chi connectivity index (χ1) is 13.4. The lowest BCUT2D eigenvalue weighted by molar-refractivity contribution is -0.146. The molecule has 28 heavy (non-hydrogen) atoms. The standard InChI is InChI=1S/C22H23NO5/c1-22(2,21(24)27-5)20-18(14-6-10-16(25-3)11-7-14)19(23-28-20)15-8-12-17(26-4)13-9-15/h6-13H,1-5H3/i1-1,2-1,3-1,4-1,5+0. The molecule has 3 rings (SSSR count). The van der Waals surface area contributed by atoms with E-state index in [1.165, 1.54) is 7.11 Å². The van der Waals surface area contributed by atoms with Crippen molar-refractivity contribution in [2.24, 2.45) is 0 Å². The predicted octanol–water partition coefficient (Wildman–Crippen LogP) is 4.48. The maximum Gasteiger partial charge on any atom is 0.319 e. The molecule has 0 saturated carbocycles. The van der Waals surface area contributed by atoms with Crippen LogP contribution in [0.15, 0.2) is 53.1 Å². The van der Waals surface area contributed by atoms with Gasteiger partial charge < -0.3 is 18.7 Å². The molecular weight excluding hydrogens is 354 g/mol. The number of nitrogens with zero attached hydrogens (tertiary/aromatic N) is 1. The summed E-state index contributed by atoms with van der Waals surface area (Å²) >= 11 is 0. The Balaban J connectivity index is 2.20. The zero-order valence-electron chi connectivity index (χ0n) is 16.6. The molecule has 3 aromatic rings. The highest BCUT2D eigenvalue weighted by Crippen LogP contribution is 2.41. The van der Waals surface area contributed by atoms with Crippen LogP contribution >= 0.6 is 0 Å². The average Bonchev–Trinajstić information content (AvgIpc) is 3.19. The molecule has 0 fully saturated rings. The Kier molecular flexibility index (Phi) is 5.40. The topological polar surface area (TPSA) is 70.8 Å². The van der Waals surface area contributed by atoms with Crippen molar-refractivity contribution in [3.63, 3.8) is 0 Å². The fraction of sp³-hybridized carbons (Fsp3) is 0.273. The van der Waals surface area contributed by atoms with E-state index in [-0.39, 0.29) is 0 Å². The highest BCUT2D eigenvalue weighted by Gasteiger charge is 2.39. The molecule has 0 spiro atoms. The van der Waals surface area contributed by atoms with Gasteiger partial charge in [-0.3, -0.25) is 4.79 Å². The summed E-state index contributed by atoms with van der Waals surface area (Å²) in [6, 6.07) is 15.0.